The van der Waals surface area contributed by atoms with Crippen LogP contribution in [0.2, 0.25) is 0 Å². The van der Waals surface area contributed by atoms with E-state index in [4.69, 9.17) is 0 Å². The Balaban J connectivity index is 2.63. The van der Waals surface area contributed by atoms with Crippen molar-refractivity contribution in [1.29, 1.82) is 0 Å². The van der Waals surface area contributed by atoms with E-state index in [0.29, 0.717) is 0 Å². The van der Waals surface area contributed by atoms with Crippen molar-refractivity contribution in [1.82, 2.24) is 0 Å². The second-order valence-electron chi connectivity index (χ2n) is 3.44. The molecule has 1 aromatic rings. The van der Waals surface area contributed by atoms with Gasteiger partial charge in [-0.15, -0.1) is 0 Å². The lowest BCUT2D eigenvalue weighted by atomic mass is 10.1. The van der Waals surface area contributed by atoms with Gasteiger partial charge in [0.15, 0.2) is 12.4 Å². The maximum Gasteiger partial charge on any atom is 0.303 e. The topological polar surface area (TPSA) is 43.4 Å². The van der Waals surface area contributed by atoms with E-state index in [2.05, 4.69) is 4.74 Å². The smallest absolute Gasteiger partial charge is 0.303 e. The van der Waals surface area contributed by atoms with Gasteiger partial charge in [0.2, 0.25) is 0 Å². The highest BCUT2D eigenvalue weighted by molar-refractivity contribution is 5.97. The maximum absolute atomic E-state index is 11.4. The van der Waals surface area contributed by atoms with Crippen molar-refractivity contribution in [2.75, 3.05) is 6.61 Å². The van der Waals surface area contributed by atoms with Crippen LogP contribution in [0.4, 0.5) is 0 Å². The lowest BCUT2D eigenvalue weighted by Gasteiger charge is -2.01. The van der Waals surface area contributed by atoms with Crippen LogP contribution in [-0.2, 0) is 14.3 Å². The zero-order valence-corrected chi connectivity index (χ0v) is 9.40. The van der Waals surface area contributed by atoms with Crippen molar-refractivity contribution in [3.63, 3.8) is 0 Å². The molecule has 16 heavy (non-hydrogen) atoms. The number of rotatable bonds is 4. The van der Waals surface area contributed by atoms with Crippen molar-refractivity contribution < 1.29 is 14.3 Å². The fourth-order valence-corrected chi connectivity index (χ4v) is 1.24. The van der Waals surface area contributed by atoms with Gasteiger partial charge in [-0.1, -0.05) is 30.3 Å². The molecule has 0 fully saturated rings. The summed E-state index contributed by atoms with van der Waals surface area (Å²) in [5.74, 6) is -0.657. The van der Waals surface area contributed by atoms with E-state index in [1.807, 2.05) is 37.3 Å². The second kappa shape index (κ2) is 5.85. The predicted octanol–water partition coefficient (Wildman–Crippen LogP) is 2.22. The van der Waals surface area contributed by atoms with Gasteiger partial charge < -0.3 is 4.74 Å². The number of hydrogen-bond acceptors (Lipinski definition) is 3. The van der Waals surface area contributed by atoms with Gasteiger partial charge >= 0.3 is 5.97 Å². The van der Waals surface area contributed by atoms with E-state index in [1.165, 1.54) is 13.0 Å². The first kappa shape index (κ1) is 12.2. The molecule has 0 saturated carbocycles. The molecule has 0 bridgehead atoms. The first-order chi connectivity index (χ1) is 7.59. The molecule has 84 valence electrons. The monoisotopic (exact) mass is 218 g/mol. The van der Waals surface area contributed by atoms with Crippen LogP contribution in [0.15, 0.2) is 36.4 Å². The summed E-state index contributed by atoms with van der Waals surface area (Å²) in [4.78, 5) is 21.9. The highest BCUT2D eigenvalue weighted by atomic mass is 16.5. The molecule has 1 aromatic carbocycles. The molecule has 0 aliphatic heterocycles. The number of hydrogen-bond donors (Lipinski definition) is 0. The summed E-state index contributed by atoms with van der Waals surface area (Å²) in [7, 11) is 0. The third-order valence-electron chi connectivity index (χ3n) is 2.02. The summed E-state index contributed by atoms with van der Waals surface area (Å²) in [6.07, 6.45) is 1.48. The molecule has 3 heteroatoms. The van der Waals surface area contributed by atoms with Crippen molar-refractivity contribution in [3.8, 4) is 0 Å². The largest absolute Gasteiger partial charge is 0.457 e. The van der Waals surface area contributed by atoms with E-state index in [1.54, 1.807) is 0 Å². The molecule has 0 aromatic heterocycles. The van der Waals surface area contributed by atoms with Gasteiger partial charge in [-0.25, -0.2) is 0 Å². The van der Waals surface area contributed by atoms with Gasteiger partial charge in [0.05, 0.1) is 0 Å². The molecule has 1 rings (SSSR count). The van der Waals surface area contributed by atoms with E-state index in [-0.39, 0.29) is 12.4 Å². The van der Waals surface area contributed by atoms with Gasteiger partial charge in [-0.3, -0.25) is 9.59 Å². The molecule has 0 heterocycles. The first-order valence-electron chi connectivity index (χ1n) is 4.99. The van der Waals surface area contributed by atoms with Crippen LogP contribution in [-0.4, -0.2) is 18.4 Å². The Hall–Kier alpha value is -1.90. The zero-order chi connectivity index (χ0) is 12.0. The normalized spacial score (nSPS) is 11.0. The number of ketones is 1. The van der Waals surface area contributed by atoms with Gasteiger partial charge in [0.25, 0.3) is 0 Å². The summed E-state index contributed by atoms with van der Waals surface area (Å²) in [6, 6.07) is 9.57. The Morgan fingerprint density at radius 1 is 1.19 bits per heavy atom. The Morgan fingerprint density at radius 2 is 1.81 bits per heavy atom. The lowest BCUT2D eigenvalue weighted by molar-refractivity contribution is -0.144. The number of carbonyl (C=O) groups excluding carboxylic acids is 2. The third-order valence-corrected chi connectivity index (χ3v) is 2.02. The van der Waals surface area contributed by atoms with E-state index >= 15 is 0 Å². The number of ether oxygens (including phenoxy) is 1. The molecule has 0 unspecified atom stereocenters. The minimum Gasteiger partial charge on any atom is -0.457 e. The van der Waals surface area contributed by atoms with Crippen LogP contribution in [0.1, 0.15) is 19.4 Å². The Kier molecular flexibility index (Phi) is 4.45. The van der Waals surface area contributed by atoms with Gasteiger partial charge in [0, 0.05) is 6.92 Å². The Labute approximate surface area is 94.7 Å². The van der Waals surface area contributed by atoms with E-state index in [9.17, 15) is 9.59 Å². The molecule has 0 aliphatic rings. The molecule has 0 amide bonds. The fourth-order valence-electron chi connectivity index (χ4n) is 1.24. The standard InChI is InChI=1S/C13H14O3/c1-10(12-6-4-3-5-7-12)8-13(15)9-16-11(2)14/h3-8H,9H2,1-2H3/b10-8+. The van der Waals surface area contributed by atoms with Crippen LogP contribution in [0.25, 0.3) is 5.57 Å². The molecule has 0 saturated heterocycles. The summed E-state index contributed by atoms with van der Waals surface area (Å²) >= 11 is 0. The molecule has 0 spiro atoms. The number of allylic oxidation sites excluding steroid dienone is 1. The number of esters is 1. The van der Waals surface area contributed by atoms with E-state index in [0.717, 1.165) is 11.1 Å². The molecule has 0 N–H and O–H groups in total. The Bertz CT molecular complexity index is 404. The number of benzene rings is 1. The minimum absolute atomic E-state index is 0.195. The summed E-state index contributed by atoms with van der Waals surface area (Å²) in [5.41, 5.74) is 1.84. The van der Waals surface area contributed by atoms with Crippen molar-refractivity contribution >= 4 is 17.3 Å². The SMILES string of the molecule is CC(=O)OCC(=O)/C=C(\C)c1ccccc1. The van der Waals surface area contributed by atoms with Crippen LogP contribution in [0.5, 0.6) is 0 Å². The average molecular weight is 218 g/mol. The minimum atomic E-state index is -0.445. The number of carbonyl (C=O) groups is 2. The highest BCUT2D eigenvalue weighted by Crippen LogP contribution is 2.12. The van der Waals surface area contributed by atoms with Crippen LogP contribution >= 0.6 is 0 Å². The van der Waals surface area contributed by atoms with Gasteiger partial charge in [0.1, 0.15) is 0 Å². The van der Waals surface area contributed by atoms with Crippen LogP contribution in [0.3, 0.4) is 0 Å². The molecule has 3 nitrogen and oxygen atoms in total. The summed E-state index contributed by atoms with van der Waals surface area (Å²) < 4.78 is 4.61. The molecule has 0 atom stereocenters. The second-order valence-corrected chi connectivity index (χ2v) is 3.44. The van der Waals surface area contributed by atoms with E-state index < -0.39 is 5.97 Å². The van der Waals surface area contributed by atoms with Crippen molar-refractivity contribution in [2.45, 2.75) is 13.8 Å². The van der Waals surface area contributed by atoms with Crippen LogP contribution in [0, 0.1) is 0 Å². The lowest BCUT2D eigenvalue weighted by Crippen LogP contribution is -2.09. The molecule has 0 aliphatic carbocycles. The zero-order valence-electron chi connectivity index (χ0n) is 9.40. The first-order valence-corrected chi connectivity index (χ1v) is 4.99. The average Bonchev–Trinajstić information content (AvgIpc) is 2.27. The van der Waals surface area contributed by atoms with Gasteiger partial charge in [-0.2, -0.15) is 0 Å². The van der Waals surface area contributed by atoms with Gasteiger partial charge in [-0.05, 0) is 24.1 Å². The van der Waals surface area contributed by atoms with Crippen LogP contribution < -0.4 is 0 Å². The highest BCUT2D eigenvalue weighted by Gasteiger charge is 2.02. The Morgan fingerprint density at radius 3 is 2.38 bits per heavy atom. The van der Waals surface area contributed by atoms with Crippen molar-refractivity contribution in [2.24, 2.45) is 0 Å². The van der Waals surface area contributed by atoms with Crippen molar-refractivity contribution in [3.05, 3.63) is 42.0 Å². The summed E-state index contributed by atoms with van der Waals surface area (Å²) in [5, 5.41) is 0. The third kappa shape index (κ3) is 4.09. The summed E-state index contributed by atoms with van der Waals surface area (Å²) in [6.45, 7) is 2.93. The molecular weight excluding hydrogens is 204 g/mol. The quantitative estimate of drug-likeness (QED) is 0.575. The maximum atomic E-state index is 11.4. The molecule has 0 radical (unpaired) electrons. The predicted molar refractivity (Wildman–Crippen MR) is 61.7 cm³/mol. The fraction of sp³-hybridized carbons (Fsp3) is 0.231. The molecular formula is C13H14O3.